The van der Waals surface area contributed by atoms with E-state index in [9.17, 15) is 13.2 Å². The first-order chi connectivity index (χ1) is 6.43. The molecule has 1 aromatic carbocycles. The number of hydrogen-bond acceptors (Lipinski definition) is 3. The topological polar surface area (TPSA) is 65.3 Å². The molecule has 1 rings (SSSR count). The maximum Gasteiger partial charge on any atom is 1.00 e. The first-order valence-electron chi connectivity index (χ1n) is 3.58. The van der Waals surface area contributed by atoms with Crippen molar-refractivity contribution in [2.75, 3.05) is 0 Å². The van der Waals surface area contributed by atoms with Crippen molar-refractivity contribution in [3.05, 3.63) is 34.0 Å². The molecular weight excluding hydrogens is 256 g/mol. The van der Waals surface area contributed by atoms with Crippen molar-refractivity contribution in [3.63, 3.8) is 0 Å². The van der Waals surface area contributed by atoms with Crippen LogP contribution in [-0.2, 0) is 14.8 Å². The average Bonchev–Trinajstić information content (AvgIpc) is 2.02. The van der Waals surface area contributed by atoms with Gasteiger partial charge in [0.1, 0.15) is 10.0 Å². The van der Waals surface area contributed by atoms with E-state index in [0.29, 0.717) is 0 Å². The van der Waals surface area contributed by atoms with E-state index in [1.54, 1.807) is 0 Å². The SMILES string of the molecule is CC(=O)[N-]S(=O)(=O)c1[c-]cccc1Cl.[Li+].[Na+]. The Kier molecular flexibility index (Phi) is 9.18. The number of amides is 1. The summed E-state index contributed by atoms with van der Waals surface area (Å²) in [6, 6.07) is 6.73. The Bertz CT molecular complexity index is 466. The summed E-state index contributed by atoms with van der Waals surface area (Å²) in [6.07, 6.45) is 0. The Morgan fingerprint density at radius 3 is 2.50 bits per heavy atom. The van der Waals surface area contributed by atoms with E-state index in [0.717, 1.165) is 6.92 Å². The quantitative estimate of drug-likeness (QED) is 0.400. The molecule has 0 fully saturated rings. The minimum Gasteiger partial charge on any atom is -0.544 e. The minimum atomic E-state index is -4.00. The molecule has 1 amide bonds. The molecule has 76 valence electrons. The van der Waals surface area contributed by atoms with Crippen LogP contribution in [0.4, 0.5) is 0 Å². The summed E-state index contributed by atoms with van der Waals surface area (Å²) in [7, 11) is -4.00. The smallest absolute Gasteiger partial charge is 0.544 e. The predicted octanol–water partition coefficient (Wildman–Crippen LogP) is -4.24. The van der Waals surface area contributed by atoms with E-state index in [1.165, 1.54) is 18.2 Å². The van der Waals surface area contributed by atoms with E-state index in [4.69, 9.17) is 11.6 Å². The molecule has 1 aromatic rings. The van der Waals surface area contributed by atoms with Crippen molar-refractivity contribution in [1.29, 1.82) is 0 Å². The molecule has 8 heteroatoms. The second kappa shape index (κ2) is 7.78. The van der Waals surface area contributed by atoms with Gasteiger partial charge in [0.25, 0.3) is 0 Å². The van der Waals surface area contributed by atoms with Crippen molar-refractivity contribution < 1.29 is 61.6 Å². The van der Waals surface area contributed by atoms with Crippen LogP contribution in [0.1, 0.15) is 6.92 Å². The van der Waals surface area contributed by atoms with Gasteiger partial charge in [-0.25, -0.2) is 8.42 Å². The molecule has 0 N–H and O–H groups in total. The molecule has 4 nitrogen and oxygen atoms in total. The van der Waals surface area contributed by atoms with Crippen LogP contribution in [0.5, 0.6) is 0 Å². The molecule has 0 radical (unpaired) electrons. The molecule has 0 spiro atoms. The van der Waals surface area contributed by atoms with Crippen molar-refractivity contribution in [2.45, 2.75) is 11.8 Å². The number of halogens is 1. The van der Waals surface area contributed by atoms with E-state index in [2.05, 4.69) is 10.8 Å². The second-order valence-corrected chi connectivity index (χ2v) is 4.38. The Hall–Kier alpha value is 0.527. The summed E-state index contributed by atoms with van der Waals surface area (Å²) in [5.41, 5.74) is 0. The molecular formula is C8H6ClLiNNaO3S. The molecule has 0 aliphatic rings. The summed E-state index contributed by atoms with van der Waals surface area (Å²) in [5, 5.41) is -0.00231. The summed E-state index contributed by atoms with van der Waals surface area (Å²) in [6.45, 7) is 1.05. The Balaban J connectivity index is 0. The van der Waals surface area contributed by atoms with E-state index in [-0.39, 0.29) is 58.3 Å². The third-order valence-corrected chi connectivity index (χ3v) is 3.05. The van der Waals surface area contributed by atoms with Crippen LogP contribution in [0, 0.1) is 6.07 Å². The summed E-state index contributed by atoms with van der Waals surface area (Å²) in [5.74, 6) is -0.793. The Labute approximate surface area is 134 Å². The first-order valence-corrected chi connectivity index (χ1v) is 5.40. The molecule has 0 unspecified atom stereocenters. The average molecular weight is 262 g/mol. The van der Waals surface area contributed by atoms with Gasteiger partial charge in [-0.05, 0) is 11.8 Å². The zero-order valence-electron chi connectivity index (χ0n) is 9.19. The van der Waals surface area contributed by atoms with Gasteiger partial charge in [0.05, 0.1) is 5.91 Å². The third-order valence-electron chi connectivity index (χ3n) is 1.28. The third kappa shape index (κ3) is 5.24. The van der Waals surface area contributed by atoms with Gasteiger partial charge in [0, 0.05) is 0 Å². The molecule has 0 aliphatic heterocycles. The number of hydrogen-bond donors (Lipinski definition) is 0. The second-order valence-electron chi connectivity index (χ2n) is 2.43. The van der Waals surface area contributed by atoms with Crippen molar-refractivity contribution >= 4 is 27.5 Å². The maximum absolute atomic E-state index is 11.4. The van der Waals surface area contributed by atoms with Gasteiger partial charge in [-0.1, -0.05) is 5.02 Å². The largest absolute Gasteiger partial charge is 1.00 e. The van der Waals surface area contributed by atoms with Crippen LogP contribution in [0.15, 0.2) is 23.1 Å². The fraction of sp³-hybridized carbons (Fsp3) is 0.125. The van der Waals surface area contributed by atoms with Crippen molar-refractivity contribution in [2.24, 2.45) is 0 Å². The van der Waals surface area contributed by atoms with Gasteiger partial charge in [0.2, 0.25) is 0 Å². The Morgan fingerprint density at radius 1 is 1.50 bits per heavy atom. The van der Waals surface area contributed by atoms with Gasteiger partial charge < -0.3 is 9.52 Å². The van der Waals surface area contributed by atoms with Crippen LogP contribution in [0.25, 0.3) is 4.72 Å². The van der Waals surface area contributed by atoms with E-state index in [1.807, 2.05) is 0 Å². The number of benzene rings is 1. The number of rotatable bonds is 2. The predicted molar refractivity (Wildman–Crippen MR) is 51.5 cm³/mol. The standard InChI is InChI=1S/C8H7ClNO3S.Li.Na/c1-6(11)10-14(12,13)8-5-3-2-4-7(8)9;;/h2-4H,1H3,(H,10,11);;/q-1;2*+1/p-1. The summed E-state index contributed by atoms with van der Waals surface area (Å²) >= 11 is 5.61. The normalized spacial score (nSPS) is 9.62. The maximum atomic E-state index is 11.4. The van der Waals surface area contributed by atoms with Crippen LogP contribution < -0.4 is 48.4 Å². The van der Waals surface area contributed by atoms with Crippen LogP contribution >= 0.6 is 11.6 Å². The molecule has 0 atom stereocenters. The molecule has 16 heavy (non-hydrogen) atoms. The van der Waals surface area contributed by atoms with Crippen LogP contribution in [-0.4, -0.2) is 14.3 Å². The molecule has 0 saturated heterocycles. The summed E-state index contributed by atoms with van der Waals surface area (Å²) in [4.78, 5) is 10.3. The van der Waals surface area contributed by atoms with Crippen LogP contribution in [0.2, 0.25) is 5.02 Å². The molecule has 0 bridgehead atoms. The van der Waals surface area contributed by atoms with E-state index < -0.39 is 15.9 Å². The van der Waals surface area contributed by atoms with Gasteiger partial charge in [-0.2, -0.15) is 35.9 Å². The number of carbonyl (C=O) groups is 1. The molecule has 0 aliphatic carbocycles. The fourth-order valence-electron chi connectivity index (χ4n) is 0.814. The first kappa shape index (κ1) is 18.9. The monoisotopic (exact) mass is 261 g/mol. The number of nitrogens with zero attached hydrogens (tertiary/aromatic N) is 1. The Morgan fingerprint density at radius 2 is 2.06 bits per heavy atom. The van der Waals surface area contributed by atoms with Crippen molar-refractivity contribution in [3.8, 4) is 0 Å². The van der Waals surface area contributed by atoms with Gasteiger partial charge >= 0.3 is 48.4 Å². The van der Waals surface area contributed by atoms with E-state index >= 15 is 0 Å². The number of carbonyl (C=O) groups excluding carboxylic acids is 1. The van der Waals surface area contributed by atoms with Crippen molar-refractivity contribution in [1.82, 2.24) is 0 Å². The zero-order valence-corrected chi connectivity index (χ0v) is 12.8. The zero-order chi connectivity index (χ0) is 10.8. The molecule has 0 aromatic heterocycles. The summed E-state index contributed by atoms with van der Waals surface area (Å²) < 4.78 is 25.7. The molecule has 0 heterocycles. The van der Waals surface area contributed by atoms with Gasteiger partial charge in [0.15, 0.2) is 0 Å². The van der Waals surface area contributed by atoms with Gasteiger partial charge in [-0.15, -0.1) is 0 Å². The van der Waals surface area contributed by atoms with Crippen LogP contribution in [0.3, 0.4) is 0 Å². The number of sulfonamides is 1. The fourth-order valence-corrected chi connectivity index (χ4v) is 2.19. The van der Waals surface area contributed by atoms with Gasteiger partial charge in [-0.3, -0.25) is 0 Å². The minimum absolute atomic E-state index is 0. The molecule has 0 saturated carbocycles.